The van der Waals surface area contributed by atoms with E-state index in [-0.39, 0.29) is 5.11 Å². The number of pyridine rings is 1. The number of carbonyl (C=O) groups excluding carboxylic acids is 1. The van der Waals surface area contributed by atoms with Crippen LogP contribution in [0.4, 0.5) is 0 Å². The van der Waals surface area contributed by atoms with E-state index in [0.717, 1.165) is 5.56 Å². The van der Waals surface area contributed by atoms with Crippen LogP contribution >= 0.6 is 12.2 Å². The van der Waals surface area contributed by atoms with Gasteiger partial charge in [-0.15, -0.1) is 0 Å². The molecule has 0 bridgehead atoms. The molecule has 0 fully saturated rings. The maximum atomic E-state index is 11.8. The summed E-state index contributed by atoms with van der Waals surface area (Å²) in [4.78, 5) is 15.7. The van der Waals surface area contributed by atoms with Gasteiger partial charge in [-0.05, 0) is 54.2 Å². The Morgan fingerprint density at radius 1 is 1.33 bits per heavy atom. The number of benzene rings is 1. The number of rotatable bonds is 4. The van der Waals surface area contributed by atoms with Gasteiger partial charge in [0.15, 0.2) is 5.11 Å². The number of aromatic nitrogens is 1. The van der Waals surface area contributed by atoms with Gasteiger partial charge in [-0.25, -0.2) is 4.79 Å². The van der Waals surface area contributed by atoms with Crippen LogP contribution in [0.3, 0.4) is 0 Å². The fourth-order valence-corrected chi connectivity index (χ4v) is 1.49. The SMILES string of the molecule is NC(=S)N/N=C\c1ccc(OC(=O)c2cccnc2)cc1. The highest BCUT2D eigenvalue weighted by Gasteiger charge is 2.07. The average Bonchev–Trinajstić information content (AvgIpc) is 2.49. The number of nitrogens with one attached hydrogen (secondary N) is 1. The summed E-state index contributed by atoms with van der Waals surface area (Å²) in [6.45, 7) is 0. The largest absolute Gasteiger partial charge is 0.423 e. The van der Waals surface area contributed by atoms with Crippen LogP contribution in [0.1, 0.15) is 15.9 Å². The van der Waals surface area contributed by atoms with Crippen molar-refractivity contribution in [1.29, 1.82) is 0 Å². The molecule has 0 amide bonds. The summed E-state index contributed by atoms with van der Waals surface area (Å²) in [5.74, 6) is -0.0250. The van der Waals surface area contributed by atoms with Crippen LogP contribution in [0.15, 0.2) is 53.9 Å². The number of nitrogens with zero attached hydrogens (tertiary/aromatic N) is 2. The van der Waals surface area contributed by atoms with Crippen molar-refractivity contribution in [3.63, 3.8) is 0 Å². The van der Waals surface area contributed by atoms with Crippen LogP contribution in [0.5, 0.6) is 5.75 Å². The van der Waals surface area contributed by atoms with E-state index < -0.39 is 5.97 Å². The molecule has 1 aromatic heterocycles. The van der Waals surface area contributed by atoms with Crippen molar-refractivity contribution in [3.05, 3.63) is 59.9 Å². The average molecular weight is 300 g/mol. The standard InChI is InChI=1S/C14H12N4O2S/c15-14(21)18-17-8-10-3-5-12(6-4-10)20-13(19)11-2-1-7-16-9-11/h1-9H,(H3,15,18,21)/b17-8-. The fourth-order valence-electron chi connectivity index (χ4n) is 1.44. The number of hydrazone groups is 1. The molecule has 2 rings (SSSR count). The number of nitrogens with two attached hydrogens (primary N) is 1. The zero-order valence-corrected chi connectivity index (χ0v) is 11.7. The Bertz CT molecular complexity index is 656. The highest BCUT2D eigenvalue weighted by molar-refractivity contribution is 7.80. The first kappa shape index (κ1) is 14.6. The second kappa shape index (κ2) is 7.11. The summed E-state index contributed by atoms with van der Waals surface area (Å²) in [5, 5.41) is 3.91. The number of carbonyl (C=O) groups is 1. The predicted molar refractivity (Wildman–Crippen MR) is 83.2 cm³/mol. The second-order valence-electron chi connectivity index (χ2n) is 3.93. The fraction of sp³-hybridized carbons (Fsp3) is 0. The molecule has 0 spiro atoms. The van der Waals surface area contributed by atoms with Crippen LogP contribution in [0, 0.1) is 0 Å². The zero-order chi connectivity index (χ0) is 15.1. The Hall–Kier alpha value is -2.80. The minimum absolute atomic E-state index is 0.0910. The van der Waals surface area contributed by atoms with E-state index in [2.05, 4.69) is 27.7 Å². The number of hydrogen-bond donors (Lipinski definition) is 2. The second-order valence-corrected chi connectivity index (χ2v) is 4.37. The lowest BCUT2D eigenvalue weighted by Gasteiger charge is -2.04. The number of hydrogen-bond acceptors (Lipinski definition) is 5. The van der Waals surface area contributed by atoms with Gasteiger partial charge in [-0.2, -0.15) is 5.10 Å². The quantitative estimate of drug-likeness (QED) is 0.292. The van der Waals surface area contributed by atoms with Gasteiger partial charge in [-0.3, -0.25) is 10.4 Å². The molecular weight excluding hydrogens is 288 g/mol. The molecule has 106 valence electrons. The zero-order valence-electron chi connectivity index (χ0n) is 10.9. The molecule has 21 heavy (non-hydrogen) atoms. The minimum Gasteiger partial charge on any atom is -0.423 e. The molecule has 6 nitrogen and oxygen atoms in total. The lowest BCUT2D eigenvalue weighted by molar-refractivity contribution is 0.0734. The Morgan fingerprint density at radius 2 is 2.10 bits per heavy atom. The Kier molecular flexibility index (Phi) is 4.94. The lowest BCUT2D eigenvalue weighted by atomic mass is 10.2. The normalized spacial score (nSPS) is 10.3. The summed E-state index contributed by atoms with van der Waals surface area (Å²) in [7, 11) is 0. The van der Waals surface area contributed by atoms with E-state index in [0.29, 0.717) is 11.3 Å². The maximum absolute atomic E-state index is 11.8. The third kappa shape index (κ3) is 4.66. The van der Waals surface area contributed by atoms with Crippen molar-refractivity contribution in [2.45, 2.75) is 0 Å². The van der Waals surface area contributed by atoms with Gasteiger partial charge in [0.1, 0.15) is 5.75 Å². The first-order valence-corrected chi connectivity index (χ1v) is 6.37. The molecule has 1 heterocycles. The lowest BCUT2D eigenvalue weighted by Crippen LogP contribution is -2.23. The van der Waals surface area contributed by atoms with Gasteiger partial charge in [0.2, 0.25) is 0 Å². The Morgan fingerprint density at radius 3 is 2.71 bits per heavy atom. The topological polar surface area (TPSA) is 89.6 Å². The van der Waals surface area contributed by atoms with Gasteiger partial charge in [-0.1, -0.05) is 0 Å². The van der Waals surface area contributed by atoms with Crippen LogP contribution in [0.2, 0.25) is 0 Å². The van der Waals surface area contributed by atoms with Crippen molar-refractivity contribution in [2.24, 2.45) is 10.8 Å². The third-order valence-corrected chi connectivity index (χ3v) is 2.47. The first-order valence-electron chi connectivity index (χ1n) is 5.96. The van der Waals surface area contributed by atoms with Crippen LogP contribution < -0.4 is 15.9 Å². The van der Waals surface area contributed by atoms with Gasteiger partial charge in [0.25, 0.3) is 0 Å². The summed E-state index contributed by atoms with van der Waals surface area (Å²) in [6.07, 6.45) is 4.59. The van der Waals surface area contributed by atoms with Crippen molar-refractivity contribution in [1.82, 2.24) is 10.4 Å². The predicted octanol–water partition coefficient (Wildman–Crippen LogP) is 1.47. The van der Waals surface area contributed by atoms with Gasteiger partial charge in [0, 0.05) is 12.4 Å². The highest BCUT2D eigenvalue weighted by atomic mass is 32.1. The molecular formula is C14H12N4O2S. The third-order valence-electron chi connectivity index (χ3n) is 2.38. The van der Waals surface area contributed by atoms with Gasteiger partial charge in [0.05, 0.1) is 11.8 Å². The molecule has 0 atom stereocenters. The van der Waals surface area contributed by atoms with Crippen LogP contribution in [-0.4, -0.2) is 22.3 Å². The van der Waals surface area contributed by atoms with Gasteiger partial charge < -0.3 is 10.5 Å². The van der Waals surface area contributed by atoms with E-state index >= 15 is 0 Å². The van der Waals surface area contributed by atoms with Crippen LogP contribution in [0.25, 0.3) is 0 Å². The summed E-state index contributed by atoms with van der Waals surface area (Å²) in [6, 6.07) is 10.1. The number of thiocarbonyl (C=S) groups is 1. The number of esters is 1. The minimum atomic E-state index is -0.459. The monoisotopic (exact) mass is 300 g/mol. The first-order chi connectivity index (χ1) is 10.1. The molecule has 0 saturated heterocycles. The molecule has 0 unspecified atom stereocenters. The maximum Gasteiger partial charge on any atom is 0.345 e. The van der Waals surface area contributed by atoms with Crippen molar-refractivity contribution < 1.29 is 9.53 Å². The van der Waals surface area contributed by atoms with Crippen molar-refractivity contribution in [3.8, 4) is 5.75 Å². The van der Waals surface area contributed by atoms with Crippen molar-refractivity contribution >= 4 is 29.5 Å². The summed E-state index contributed by atoms with van der Waals surface area (Å²) in [5.41, 5.74) is 8.88. The smallest absolute Gasteiger partial charge is 0.345 e. The van der Waals surface area contributed by atoms with Crippen molar-refractivity contribution in [2.75, 3.05) is 0 Å². The molecule has 3 N–H and O–H groups in total. The molecule has 0 aliphatic heterocycles. The van der Waals surface area contributed by atoms with E-state index in [1.165, 1.54) is 6.20 Å². The van der Waals surface area contributed by atoms with Gasteiger partial charge >= 0.3 is 5.97 Å². The summed E-state index contributed by atoms with van der Waals surface area (Å²) < 4.78 is 5.22. The van der Waals surface area contributed by atoms with E-state index in [1.807, 2.05) is 0 Å². The molecule has 7 heteroatoms. The summed E-state index contributed by atoms with van der Waals surface area (Å²) >= 11 is 4.62. The highest BCUT2D eigenvalue weighted by Crippen LogP contribution is 2.13. The van der Waals surface area contributed by atoms with E-state index in [9.17, 15) is 4.79 Å². The Labute approximate surface area is 126 Å². The van der Waals surface area contributed by atoms with E-state index in [4.69, 9.17) is 10.5 Å². The molecule has 0 aliphatic carbocycles. The molecule has 0 saturated carbocycles. The Balaban J connectivity index is 1.98. The molecule has 1 aromatic carbocycles. The van der Waals surface area contributed by atoms with E-state index in [1.54, 1.807) is 48.8 Å². The molecule has 2 aromatic rings. The van der Waals surface area contributed by atoms with Crippen LogP contribution in [-0.2, 0) is 0 Å². The number of ether oxygens (including phenoxy) is 1. The molecule has 0 aliphatic rings. The molecule has 0 radical (unpaired) electrons.